The van der Waals surface area contributed by atoms with Crippen molar-refractivity contribution in [3.05, 3.63) is 59.2 Å². The maximum Gasteiger partial charge on any atom is 0.325 e. The third-order valence-electron chi connectivity index (χ3n) is 6.45. The van der Waals surface area contributed by atoms with Crippen molar-refractivity contribution in [1.29, 1.82) is 0 Å². The molecule has 0 spiro atoms. The van der Waals surface area contributed by atoms with Crippen molar-refractivity contribution in [2.45, 2.75) is 52.1 Å². The largest absolute Gasteiger partial charge is 0.493 e. The standard InChI is InChI=1S/C27H35N3O5/c1-8-29(16-18-9-14-21(34-6)22(15-18)35-7)23(31)17-30-24(32)27(5,28-25(30)33)20-12-10-19(11-13-20)26(2,3)4/h9-15H,8,16-17H2,1-7H3,(H,28,33). The average Bonchev–Trinajstić information content (AvgIpc) is 3.05. The van der Waals surface area contributed by atoms with Crippen LogP contribution in [0.2, 0.25) is 0 Å². The van der Waals surface area contributed by atoms with Crippen molar-refractivity contribution in [2.24, 2.45) is 0 Å². The van der Waals surface area contributed by atoms with Crippen LogP contribution < -0.4 is 14.8 Å². The van der Waals surface area contributed by atoms with E-state index in [9.17, 15) is 14.4 Å². The molecule has 0 aromatic heterocycles. The number of methoxy groups -OCH3 is 2. The van der Waals surface area contributed by atoms with Crippen molar-refractivity contribution < 1.29 is 23.9 Å². The van der Waals surface area contributed by atoms with E-state index in [1.54, 1.807) is 38.2 Å². The Bertz CT molecular complexity index is 1110. The first-order valence-electron chi connectivity index (χ1n) is 11.7. The molecule has 2 aromatic rings. The molecule has 8 nitrogen and oxygen atoms in total. The highest BCUT2D eigenvalue weighted by Gasteiger charge is 2.49. The van der Waals surface area contributed by atoms with Gasteiger partial charge in [-0.25, -0.2) is 4.79 Å². The lowest BCUT2D eigenvalue weighted by molar-refractivity contribution is -0.139. The highest BCUT2D eigenvalue weighted by Crippen LogP contribution is 2.31. The van der Waals surface area contributed by atoms with Crippen LogP contribution in [0.4, 0.5) is 4.79 Å². The summed E-state index contributed by atoms with van der Waals surface area (Å²) >= 11 is 0. The number of rotatable bonds is 8. The van der Waals surface area contributed by atoms with Gasteiger partial charge in [-0.15, -0.1) is 0 Å². The van der Waals surface area contributed by atoms with E-state index in [1.807, 2.05) is 37.3 Å². The second-order valence-corrected chi connectivity index (χ2v) is 9.87. The summed E-state index contributed by atoms with van der Waals surface area (Å²) in [5, 5.41) is 2.78. The summed E-state index contributed by atoms with van der Waals surface area (Å²) in [5.74, 6) is 0.398. The minimum absolute atomic E-state index is 0.0294. The Hall–Kier alpha value is -3.55. The number of imide groups is 1. The van der Waals surface area contributed by atoms with Crippen LogP contribution in [-0.4, -0.2) is 55.0 Å². The van der Waals surface area contributed by atoms with E-state index in [1.165, 1.54) is 0 Å². The van der Waals surface area contributed by atoms with Crippen LogP contribution in [0.1, 0.15) is 51.3 Å². The summed E-state index contributed by atoms with van der Waals surface area (Å²) in [5.41, 5.74) is 1.39. The van der Waals surface area contributed by atoms with Crippen molar-refractivity contribution in [2.75, 3.05) is 27.3 Å². The highest BCUT2D eigenvalue weighted by molar-refractivity contribution is 6.09. The molecule has 1 heterocycles. The van der Waals surface area contributed by atoms with E-state index in [4.69, 9.17) is 9.47 Å². The Kier molecular flexibility index (Phi) is 7.43. The molecule has 35 heavy (non-hydrogen) atoms. The second kappa shape index (κ2) is 9.98. The quantitative estimate of drug-likeness (QED) is 0.579. The fraction of sp³-hybridized carbons (Fsp3) is 0.444. The van der Waals surface area contributed by atoms with E-state index in [2.05, 4.69) is 26.1 Å². The Balaban J connectivity index is 1.75. The number of carbonyl (C=O) groups excluding carboxylic acids is 3. The van der Waals surface area contributed by atoms with Crippen molar-refractivity contribution in [3.8, 4) is 11.5 Å². The van der Waals surface area contributed by atoms with E-state index < -0.39 is 17.5 Å². The Morgan fingerprint density at radius 3 is 2.20 bits per heavy atom. The molecule has 188 valence electrons. The van der Waals surface area contributed by atoms with Crippen LogP contribution in [0, 0.1) is 0 Å². The molecule has 8 heteroatoms. The molecule has 1 aliphatic rings. The minimum atomic E-state index is -1.23. The maximum absolute atomic E-state index is 13.3. The molecule has 1 N–H and O–H groups in total. The third-order valence-corrected chi connectivity index (χ3v) is 6.45. The van der Waals surface area contributed by atoms with Gasteiger partial charge >= 0.3 is 6.03 Å². The Morgan fingerprint density at radius 2 is 1.66 bits per heavy atom. The van der Waals surface area contributed by atoms with Crippen LogP contribution in [0.15, 0.2) is 42.5 Å². The maximum atomic E-state index is 13.3. The number of hydrogen-bond acceptors (Lipinski definition) is 5. The molecule has 0 bridgehead atoms. The van der Waals surface area contributed by atoms with Gasteiger partial charge in [-0.05, 0) is 48.1 Å². The van der Waals surface area contributed by atoms with Gasteiger partial charge in [0.15, 0.2) is 11.5 Å². The predicted molar refractivity (Wildman–Crippen MR) is 133 cm³/mol. The fourth-order valence-electron chi connectivity index (χ4n) is 4.15. The normalized spacial score (nSPS) is 17.9. The molecule has 1 saturated heterocycles. The summed E-state index contributed by atoms with van der Waals surface area (Å²) in [6, 6.07) is 12.5. The lowest BCUT2D eigenvalue weighted by atomic mass is 9.84. The number of carbonyl (C=O) groups is 3. The van der Waals surface area contributed by atoms with Crippen LogP contribution in [0.3, 0.4) is 0 Å². The van der Waals surface area contributed by atoms with E-state index >= 15 is 0 Å². The van der Waals surface area contributed by atoms with Crippen molar-refractivity contribution in [1.82, 2.24) is 15.1 Å². The van der Waals surface area contributed by atoms with Gasteiger partial charge < -0.3 is 19.7 Å². The fourth-order valence-corrected chi connectivity index (χ4v) is 4.15. The molecule has 3 rings (SSSR count). The molecule has 1 unspecified atom stereocenters. The Labute approximate surface area is 207 Å². The number of urea groups is 1. The molecular formula is C27H35N3O5. The van der Waals surface area contributed by atoms with Gasteiger partial charge in [0.05, 0.1) is 14.2 Å². The number of nitrogens with one attached hydrogen (secondary N) is 1. The summed E-state index contributed by atoms with van der Waals surface area (Å²) in [7, 11) is 3.11. The Morgan fingerprint density at radius 1 is 1.03 bits per heavy atom. The predicted octanol–water partition coefficient (Wildman–Crippen LogP) is 3.82. The molecule has 0 saturated carbocycles. The smallest absolute Gasteiger partial charge is 0.325 e. The number of ether oxygens (including phenoxy) is 2. The zero-order valence-corrected chi connectivity index (χ0v) is 21.6. The molecule has 1 aliphatic heterocycles. The SMILES string of the molecule is CCN(Cc1ccc(OC)c(OC)c1)C(=O)CN1C(=O)NC(C)(c2ccc(C(C)(C)C)cc2)C1=O. The zero-order valence-electron chi connectivity index (χ0n) is 21.6. The summed E-state index contributed by atoms with van der Waals surface area (Å²) in [6.07, 6.45) is 0. The molecular weight excluding hydrogens is 446 g/mol. The third kappa shape index (κ3) is 5.26. The van der Waals surface area contributed by atoms with Gasteiger partial charge in [0.1, 0.15) is 12.1 Å². The van der Waals surface area contributed by atoms with E-state index in [0.29, 0.717) is 30.2 Å². The van der Waals surface area contributed by atoms with Gasteiger partial charge in [-0.1, -0.05) is 51.1 Å². The lowest BCUT2D eigenvalue weighted by Gasteiger charge is -2.26. The first-order chi connectivity index (χ1) is 16.4. The average molecular weight is 482 g/mol. The van der Waals surface area contributed by atoms with Gasteiger partial charge in [0.25, 0.3) is 5.91 Å². The van der Waals surface area contributed by atoms with E-state index in [-0.39, 0.29) is 17.9 Å². The van der Waals surface area contributed by atoms with Gasteiger partial charge in [0.2, 0.25) is 5.91 Å². The first kappa shape index (κ1) is 26.1. The monoisotopic (exact) mass is 481 g/mol. The van der Waals surface area contributed by atoms with Crippen LogP contribution in [0.5, 0.6) is 11.5 Å². The summed E-state index contributed by atoms with van der Waals surface area (Å²) in [4.78, 5) is 41.8. The van der Waals surface area contributed by atoms with Crippen molar-refractivity contribution >= 4 is 17.8 Å². The zero-order chi connectivity index (χ0) is 26.0. The molecule has 4 amide bonds. The van der Waals surface area contributed by atoms with Crippen molar-refractivity contribution in [3.63, 3.8) is 0 Å². The highest BCUT2D eigenvalue weighted by atomic mass is 16.5. The summed E-state index contributed by atoms with van der Waals surface area (Å²) in [6.45, 7) is 10.3. The summed E-state index contributed by atoms with van der Waals surface area (Å²) < 4.78 is 10.6. The number of nitrogens with zero attached hydrogens (tertiary/aromatic N) is 2. The van der Waals surface area contributed by atoms with Crippen LogP contribution in [0.25, 0.3) is 0 Å². The minimum Gasteiger partial charge on any atom is -0.493 e. The number of hydrogen-bond donors (Lipinski definition) is 1. The van der Waals surface area contributed by atoms with Gasteiger partial charge in [-0.2, -0.15) is 0 Å². The topological polar surface area (TPSA) is 88.2 Å². The molecule has 0 radical (unpaired) electrons. The number of benzene rings is 2. The number of amides is 4. The number of likely N-dealkylation sites (N-methyl/N-ethyl adjacent to an activating group) is 1. The van der Waals surface area contributed by atoms with E-state index in [0.717, 1.165) is 16.0 Å². The molecule has 1 atom stereocenters. The van der Waals surface area contributed by atoms with Gasteiger partial charge in [-0.3, -0.25) is 14.5 Å². The van der Waals surface area contributed by atoms with Gasteiger partial charge in [0, 0.05) is 13.1 Å². The molecule has 2 aromatic carbocycles. The van der Waals surface area contributed by atoms with Crippen LogP contribution >= 0.6 is 0 Å². The first-order valence-corrected chi connectivity index (χ1v) is 11.7. The second-order valence-electron chi connectivity index (χ2n) is 9.87. The molecule has 0 aliphatic carbocycles. The van der Waals surface area contributed by atoms with Crippen LogP contribution in [-0.2, 0) is 27.1 Å². The lowest BCUT2D eigenvalue weighted by Crippen LogP contribution is -2.44. The molecule has 1 fully saturated rings.